The van der Waals surface area contributed by atoms with E-state index in [0.717, 1.165) is 140 Å². The van der Waals surface area contributed by atoms with E-state index in [1.165, 1.54) is 59.3 Å². The zero-order chi connectivity index (χ0) is 90.6. The van der Waals surface area contributed by atoms with E-state index in [-0.39, 0.29) is 34.4 Å². The summed E-state index contributed by atoms with van der Waals surface area (Å²) in [4.78, 5) is 62.4. The van der Waals surface area contributed by atoms with Gasteiger partial charge in [-0.1, -0.05) is 14.9 Å². The molecule has 5 N–H and O–H groups in total. The van der Waals surface area contributed by atoms with Crippen molar-refractivity contribution in [2.75, 3.05) is 99.6 Å². The Balaban J connectivity index is -0.0000000403. The number of nitrogen functional groups attached to an aromatic ring is 2. The van der Waals surface area contributed by atoms with Crippen LogP contribution in [0.5, 0.6) is 0 Å². The number of halogens is 45. The second-order valence-electron chi connectivity index (χ2n) is 17.0. The second kappa shape index (κ2) is 140. The third-order valence-electron chi connectivity index (χ3n) is 11.4. The molecule has 6 aliphatic heterocycles. The number of carboxylic acids is 1. The van der Waals surface area contributed by atoms with Gasteiger partial charge in [-0.3, -0.25) is 9.50 Å². The largest absolute Gasteiger partial charge is 0.476 e. The quantitative estimate of drug-likeness (QED) is 0.105. The number of nitriles is 1. The number of nitrogens with two attached hydrogens (primary N) is 2. The van der Waals surface area contributed by atoms with Gasteiger partial charge in [-0.15, -0.1) is 56.7 Å². The summed E-state index contributed by atoms with van der Waals surface area (Å²) in [6.45, 7) is 12.2. The third-order valence-corrected chi connectivity index (χ3v) is 16.2. The van der Waals surface area contributed by atoms with Gasteiger partial charge in [0, 0.05) is 359 Å². The van der Waals surface area contributed by atoms with Crippen molar-refractivity contribution >= 4 is 87.1 Å². The molecular weight excluding hydrogens is 1810 g/mol. The number of rotatable bonds is 1. The smallest absolute Gasteiger partial charge is 0.365 e. The molecule has 0 bridgehead atoms. The molecule has 11 heterocycles. The molecule has 0 saturated carbocycles. The summed E-state index contributed by atoms with van der Waals surface area (Å²) in [7, 11) is 12.6. The van der Waals surface area contributed by atoms with Gasteiger partial charge in [-0.2, -0.15) is 5.26 Å². The van der Waals surface area contributed by atoms with E-state index in [9.17, 15) is 9.59 Å². The first-order valence-corrected chi connectivity index (χ1v) is 29.0. The zero-order valence-corrected chi connectivity index (χ0v) is 60.0. The summed E-state index contributed by atoms with van der Waals surface area (Å²) < 4.78 is 352. The number of anilines is 2. The van der Waals surface area contributed by atoms with Crippen LogP contribution in [0.2, 0.25) is 0 Å². The minimum atomic E-state index is -0.915. The lowest BCUT2D eigenvalue weighted by Crippen LogP contribution is -2.29. The number of piperidine rings is 1. The number of aromatic carboxylic acids is 1. The molecule has 11 rings (SSSR count). The fourth-order valence-electron chi connectivity index (χ4n) is 7.59. The van der Waals surface area contributed by atoms with Crippen LogP contribution >= 0.6 is 56.7 Å². The van der Waals surface area contributed by atoms with Crippen molar-refractivity contribution in [2.45, 2.75) is 92.5 Å². The van der Waals surface area contributed by atoms with Crippen LogP contribution in [0.4, 0.5) is 216 Å². The lowest BCUT2D eigenvalue weighted by atomic mass is 10.1. The van der Waals surface area contributed by atoms with Crippen LogP contribution in [0, 0.1) is 11.3 Å². The Labute approximate surface area is 634 Å². The number of hydrogen-bond acceptors (Lipinski definition) is 21. The molecule has 0 spiro atoms. The van der Waals surface area contributed by atoms with E-state index < -0.39 is 5.97 Å². The number of likely N-dealkylation sites (tertiary alicyclic amines) is 1. The highest BCUT2D eigenvalue weighted by molar-refractivity contribution is 7.16. The number of likely N-dealkylation sites (N-methyl/N-ethyl adjacent to an activating group) is 5. The molecule has 689 valence electrons. The minimum absolute atomic E-state index is 0. The van der Waals surface area contributed by atoms with Gasteiger partial charge in [-0.25, -0.2) is 29.7 Å². The Morgan fingerprint density at radius 1 is 0.372 bits per heavy atom. The first kappa shape index (κ1) is 162. The van der Waals surface area contributed by atoms with Gasteiger partial charge in [0.15, 0.2) is 15.3 Å². The van der Waals surface area contributed by atoms with Gasteiger partial charge >= 0.3 is 5.97 Å². The third kappa shape index (κ3) is 88.9. The predicted molar refractivity (Wildman–Crippen MR) is 336 cm³/mol. The number of ketones is 1. The van der Waals surface area contributed by atoms with E-state index >= 15 is 0 Å². The van der Waals surface area contributed by atoms with Crippen LogP contribution in [0.1, 0.15) is 96.8 Å². The van der Waals surface area contributed by atoms with Crippen molar-refractivity contribution < 1.29 is 222 Å². The van der Waals surface area contributed by atoms with E-state index in [1.807, 2.05) is 19.6 Å². The summed E-state index contributed by atoms with van der Waals surface area (Å²) in [5.74, 6) is -0.495. The summed E-state index contributed by atoms with van der Waals surface area (Å²) >= 11 is 7.83. The van der Waals surface area contributed by atoms with E-state index in [1.54, 1.807) is 34.0 Å². The number of hydrogen-bond donors (Lipinski definition) is 3. The average Bonchev–Trinajstić information content (AvgIpc) is 1.73. The molecule has 17 nitrogen and oxygen atoms in total. The molecule has 113 heavy (non-hydrogen) atoms. The highest BCUT2D eigenvalue weighted by Crippen LogP contribution is 2.28. The number of nitrogens with zero attached hydrogens (tertiary/aromatic N) is 12. The normalized spacial score (nSPS) is 11.8. The summed E-state index contributed by atoms with van der Waals surface area (Å²) in [5, 5.41) is 19.6. The molecule has 5 aromatic heterocycles. The summed E-state index contributed by atoms with van der Waals surface area (Å²) in [6.07, 6.45) is 6.63. The van der Waals surface area contributed by atoms with E-state index in [4.69, 9.17) is 223 Å². The second-order valence-corrected chi connectivity index (χ2v) is 22.4. The van der Waals surface area contributed by atoms with Gasteiger partial charge in [-0.05, 0) is 42.3 Å². The Kier molecular flexibility index (Phi) is 201. The maximum atomic E-state index is 10.6. The number of carbonyl (C=O) groups is 2. The average molecular weight is 1890 g/mol. The fraction of sp³-hybridized carbons (Fsp3) is 0.600. The lowest BCUT2D eigenvalue weighted by Gasteiger charge is -2.20. The SMILES string of the molecule is C.C.CN1CCC(=O)CC1.CN1CCc2nc(C#N)sc2C1.CN1CCc2nc(C(=O)O)sc2C1.CN1CCc2nc(N)sc2C1.CN1CCc2nc(N)sc2C1.CN1CCc2ncsc2C1.F.FF.FF.FF.FF.FF.FF.FF.FF.FF.FF.FF.FF.FF.FF.FF.FF.FF.FF.FF.FF.FF.FF.[2HH].[B]. The number of aromatic nitrogens is 5. The molecule has 3 radical (unpaired) electrons. The maximum absolute atomic E-state index is 10.6. The van der Waals surface area contributed by atoms with Crippen molar-refractivity contribution in [3.05, 3.63) is 68.4 Å². The van der Waals surface area contributed by atoms with E-state index in [2.05, 4.69) is 88.6 Å². The zero-order valence-electron chi connectivity index (χ0n) is 56.0. The highest BCUT2D eigenvalue weighted by atomic mass is 32.1. The minimum Gasteiger partial charge on any atom is -0.476 e. The van der Waals surface area contributed by atoms with Crippen LogP contribution in [0.3, 0.4) is 0 Å². The molecule has 0 amide bonds. The van der Waals surface area contributed by atoms with Gasteiger partial charge in [0.25, 0.3) is 0 Å². The number of thiazole rings is 5. The standard InChI is InChI=1S/C8H9N3S.C8H10N2O2S.2C7H11N3S.C7H10N2S.C6H11NO.2CH4.B.22F2.FH.H2/c1-11-3-2-6-7(5-11)12-8(4-9)10-6;1-10-3-2-5-6(4-10)13-7(9-5)8(11)12;2*1-10-3-2-5-6(4-10)11-7(8)9-5;1-9-3-2-6-7(4-9)10-5-8-6;1-7-4-2-6(8)3-5-7;;;;22*1-2;;/h2-3,5H2,1H3;2-4H2,1H3,(H,11,12);2*2-4H2,1H3,(H2,8,9);5H,2-4H2,1H3;2-5H2,1H3;2*1H4;;;;;;;;;;;;;;;;;;;;;;;;2*1H/i;;;;;;;;;;;;;;;;;;;;;;;;;;;;;;;;1+1. The highest BCUT2D eigenvalue weighted by Gasteiger charge is 2.22. The first-order valence-electron chi connectivity index (χ1n) is 24.9. The van der Waals surface area contributed by atoms with Crippen molar-refractivity contribution in [3.63, 3.8) is 0 Å². The van der Waals surface area contributed by atoms with Gasteiger partial charge < -0.3 is 46.0 Å². The Hall–Kier alpha value is -6.95. The van der Waals surface area contributed by atoms with Crippen molar-refractivity contribution in [3.8, 4) is 6.07 Å². The Morgan fingerprint density at radius 2 is 0.593 bits per heavy atom. The number of fused-ring (bicyclic) bond motifs is 5. The molecule has 6 aliphatic rings. The van der Waals surface area contributed by atoms with Gasteiger partial charge in [0.2, 0.25) is 5.01 Å². The summed E-state index contributed by atoms with van der Waals surface area (Å²) in [6, 6.07) is 2.09. The van der Waals surface area contributed by atoms with Crippen LogP contribution in [-0.4, -0.2) is 168 Å². The molecule has 1 saturated heterocycles. The maximum Gasteiger partial charge on any atom is 0.365 e. The molecule has 0 aliphatic carbocycles. The van der Waals surface area contributed by atoms with Crippen molar-refractivity contribution in [1.29, 1.82) is 5.26 Å². The van der Waals surface area contributed by atoms with Crippen LogP contribution < -0.4 is 11.5 Å². The lowest BCUT2D eigenvalue weighted by molar-refractivity contribution is -0.121. The first-order chi connectivity index (χ1) is 53.1. The van der Waals surface area contributed by atoms with Gasteiger partial charge in [0.05, 0.1) is 34.0 Å². The molecule has 0 atom stereocenters. The van der Waals surface area contributed by atoms with Gasteiger partial charge in [0.1, 0.15) is 11.9 Å². The van der Waals surface area contributed by atoms with E-state index in [0.29, 0.717) is 21.1 Å². The molecule has 68 heteroatoms. The Morgan fingerprint density at radius 3 is 0.850 bits per heavy atom. The summed E-state index contributed by atoms with van der Waals surface area (Å²) in [5.41, 5.74) is 19.0. The fourth-order valence-corrected chi connectivity index (χ4v) is 12.4. The molecule has 1 fully saturated rings. The molecule has 0 unspecified atom stereocenters. The molecular formula is C45H73BF45N14O3S5. The topological polar surface area (TPSA) is 214 Å². The predicted octanol–water partition coefficient (Wildman–Crippen LogP) is 24.4. The monoisotopic (exact) mass is 1880 g/mol. The number of carboxylic acid groups (broad SMARTS) is 1. The number of Topliss-reactive ketones (excluding diaryl/α,β-unsaturated/α-hetero) is 1. The van der Waals surface area contributed by atoms with Crippen molar-refractivity contribution in [1.82, 2.24) is 54.3 Å². The Bertz CT molecular complexity index is 2440. The number of carbonyl (C=O) groups excluding carboxylic acids is 1. The van der Waals surface area contributed by atoms with Crippen LogP contribution in [0.15, 0.2) is 5.51 Å². The van der Waals surface area contributed by atoms with Crippen LogP contribution in [-0.2, 0) is 69.6 Å². The van der Waals surface area contributed by atoms with Crippen LogP contribution in [0.25, 0.3) is 0 Å². The van der Waals surface area contributed by atoms with Crippen molar-refractivity contribution in [2.24, 2.45) is 0 Å². The molecule has 5 aromatic rings. The molecule has 0 aromatic carbocycles.